The van der Waals surface area contributed by atoms with Crippen molar-refractivity contribution in [2.24, 2.45) is 23.7 Å². The Kier molecular flexibility index (Phi) is 18.4. The molecule has 0 aromatic heterocycles. The maximum absolute atomic E-state index is 11.0. The first-order valence-electron chi connectivity index (χ1n) is 17.5. The molecule has 10 heteroatoms. The summed E-state index contributed by atoms with van der Waals surface area (Å²) in [5.41, 5.74) is 2.28. The molecule has 0 aliphatic heterocycles. The third-order valence-corrected chi connectivity index (χ3v) is 7.56. The average Bonchev–Trinajstić information content (AvgIpc) is 2.99. The molecule has 0 atom stereocenters. The van der Waals surface area contributed by atoms with Gasteiger partial charge in [-0.15, -0.1) is 0 Å². The van der Waals surface area contributed by atoms with Crippen molar-refractivity contribution in [3.8, 4) is 23.0 Å². The summed E-state index contributed by atoms with van der Waals surface area (Å²) in [6.45, 7) is 21.4. The first-order chi connectivity index (χ1) is 22.3. The summed E-state index contributed by atoms with van der Waals surface area (Å²) >= 11 is 0. The average molecular weight is 655 g/mol. The van der Waals surface area contributed by atoms with Crippen molar-refractivity contribution in [1.29, 1.82) is 0 Å². The van der Waals surface area contributed by atoms with E-state index in [1.54, 1.807) is 12.1 Å². The predicted molar refractivity (Wildman–Crippen MR) is 195 cm³/mol. The highest BCUT2D eigenvalue weighted by Crippen LogP contribution is 2.30. The molecule has 0 radical (unpaired) electrons. The lowest BCUT2D eigenvalue weighted by Gasteiger charge is -2.19. The van der Waals surface area contributed by atoms with Gasteiger partial charge in [0.05, 0.1) is 26.4 Å². The summed E-state index contributed by atoms with van der Waals surface area (Å²) in [5, 5.41) is 31.4. The Labute approximate surface area is 285 Å². The van der Waals surface area contributed by atoms with E-state index < -0.39 is 14.2 Å². The second-order valence-electron chi connectivity index (χ2n) is 13.9. The summed E-state index contributed by atoms with van der Waals surface area (Å²) in [4.78, 5) is 0. The number of ether oxygens (including phenoxy) is 4. The van der Waals surface area contributed by atoms with E-state index in [0.717, 1.165) is 43.2 Å². The highest BCUT2D eigenvalue weighted by molar-refractivity contribution is 6.61. The van der Waals surface area contributed by atoms with Crippen LogP contribution in [-0.4, -0.2) is 62.3 Å². The minimum atomic E-state index is -1.71. The number of hydrogen-bond acceptors (Lipinski definition) is 8. The van der Waals surface area contributed by atoms with Crippen LogP contribution in [0.3, 0.4) is 0 Å². The molecule has 0 fully saturated rings. The molecule has 262 valence electrons. The third kappa shape index (κ3) is 15.0. The van der Waals surface area contributed by atoms with Gasteiger partial charge in [0.15, 0.2) is 0 Å². The Morgan fingerprint density at radius 1 is 0.532 bits per heavy atom. The van der Waals surface area contributed by atoms with Crippen molar-refractivity contribution >= 4 is 37.3 Å². The van der Waals surface area contributed by atoms with Gasteiger partial charge < -0.3 is 38.7 Å². The highest BCUT2D eigenvalue weighted by Gasteiger charge is 2.25. The molecule has 0 saturated carbocycles. The number of benzene rings is 2. The molecule has 0 aliphatic carbocycles. The van der Waals surface area contributed by atoms with Gasteiger partial charge in [0.1, 0.15) is 23.0 Å². The molecule has 2 rings (SSSR count). The van der Waals surface area contributed by atoms with E-state index in [9.17, 15) is 15.1 Å². The minimum Gasteiger partial charge on any atom is -0.494 e. The van der Waals surface area contributed by atoms with Gasteiger partial charge in [-0.3, -0.25) is 0 Å². The molecule has 8 nitrogen and oxygen atoms in total. The van der Waals surface area contributed by atoms with Crippen LogP contribution in [0.1, 0.15) is 106 Å². The largest absolute Gasteiger partial charge is 0.495 e. The van der Waals surface area contributed by atoms with Crippen molar-refractivity contribution in [3.05, 3.63) is 35.4 Å². The quantitative estimate of drug-likeness (QED) is 0.0941. The molecular formula is C37H60B2O8. The Hall–Kier alpha value is -2.65. The lowest BCUT2D eigenvalue weighted by Crippen LogP contribution is -2.35. The van der Waals surface area contributed by atoms with Crippen LogP contribution in [0, 0.1) is 23.7 Å². The summed E-state index contributed by atoms with van der Waals surface area (Å²) in [7, 11) is -2.87. The van der Waals surface area contributed by atoms with Crippen molar-refractivity contribution in [2.75, 3.05) is 33.0 Å². The SMILES string of the molecule is CCCOB(O)c1cc(OCCC(C)C)c(/C=C/c2cc(OCCC(C)C)c(B(O)O)cc2OCCC(C)C)cc1OCCC(C)C. The van der Waals surface area contributed by atoms with Gasteiger partial charge in [-0.05, 0) is 80.0 Å². The monoisotopic (exact) mass is 654 g/mol. The van der Waals surface area contributed by atoms with Gasteiger partial charge in [-0.1, -0.05) is 74.5 Å². The van der Waals surface area contributed by atoms with Crippen LogP contribution in [-0.2, 0) is 4.65 Å². The number of hydrogen-bond donors (Lipinski definition) is 3. The summed E-state index contributed by atoms with van der Waals surface area (Å²) < 4.78 is 30.5. The van der Waals surface area contributed by atoms with E-state index in [4.69, 9.17) is 23.6 Å². The van der Waals surface area contributed by atoms with E-state index in [1.165, 1.54) is 0 Å². The standard InChI is InChI=1S/C37H60B2O8/c1-10-17-47-39(42)33-25-35(44-19-14-27(4)5)31(23-37(33)46-21-16-29(8)9)12-11-30-22-36(45-20-15-28(6)7)32(38(40)41)24-34(30)43-18-13-26(2)3/h11-12,22-29,40-42H,10,13-21H2,1-9H3/b12-11+. The fourth-order valence-corrected chi connectivity index (χ4v) is 4.46. The summed E-state index contributed by atoms with van der Waals surface area (Å²) in [5.74, 6) is 3.88. The molecule has 2 aromatic carbocycles. The predicted octanol–water partition coefficient (Wildman–Crippen LogP) is 6.35. The Morgan fingerprint density at radius 2 is 0.894 bits per heavy atom. The minimum absolute atomic E-state index is 0.259. The van der Waals surface area contributed by atoms with E-state index in [2.05, 4.69) is 55.4 Å². The van der Waals surface area contributed by atoms with Crippen LogP contribution in [0.15, 0.2) is 24.3 Å². The Balaban J connectivity index is 2.66. The molecule has 0 heterocycles. The van der Waals surface area contributed by atoms with Gasteiger partial charge in [-0.2, -0.15) is 0 Å². The maximum Gasteiger partial charge on any atom is 0.495 e. The zero-order valence-corrected chi connectivity index (χ0v) is 30.4. The van der Waals surface area contributed by atoms with Gasteiger partial charge in [0, 0.05) is 28.7 Å². The second kappa shape index (κ2) is 21.3. The first-order valence-corrected chi connectivity index (χ1v) is 17.5. The fraction of sp³-hybridized carbons (Fsp3) is 0.622. The lowest BCUT2D eigenvalue weighted by atomic mass is 9.77. The summed E-state index contributed by atoms with van der Waals surface area (Å²) in [6.07, 6.45) is 8.03. The van der Waals surface area contributed by atoms with Gasteiger partial charge >= 0.3 is 14.2 Å². The van der Waals surface area contributed by atoms with Crippen molar-refractivity contribution in [3.63, 3.8) is 0 Å². The molecule has 0 amide bonds. The van der Waals surface area contributed by atoms with Crippen LogP contribution in [0.25, 0.3) is 12.2 Å². The zero-order valence-electron chi connectivity index (χ0n) is 30.4. The van der Waals surface area contributed by atoms with Crippen LogP contribution in [0.4, 0.5) is 0 Å². The molecule has 3 N–H and O–H groups in total. The Bertz CT molecular complexity index is 1210. The second-order valence-corrected chi connectivity index (χ2v) is 13.9. The van der Waals surface area contributed by atoms with Crippen molar-refractivity contribution < 1.29 is 38.7 Å². The smallest absolute Gasteiger partial charge is 0.494 e. The molecule has 0 aliphatic rings. The third-order valence-electron chi connectivity index (χ3n) is 7.56. The fourth-order valence-electron chi connectivity index (χ4n) is 4.46. The number of rotatable bonds is 23. The maximum atomic E-state index is 11.0. The first kappa shape index (κ1) is 40.5. The lowest BCUT2D eigenvalue weighted by molar-refractivity contribution is 0.263. The van der Waals surface area contributed by atoms with Crippen molar-refractivity contribution in [2.45, 2.75) is 94.4 Å². The Morgan fingerprint density at radius 3 is 1.26 bits per heavy atom. The van der Waals surface area contributed by atoms with E-state index in [0.29, 0.717) is 85.2 Å². The summed E-state index contributed by atoms with van der Waals surface area (Å²) in [6, 6.07) is 7.16. The van der Waals surface area contributed by atoms with Gasteiger partial charge in [0.2, 0.25) is 0 Å². The normalized spacial score (nSPS) is 11.7. The molecule has 0 unspecified atom stereocenters. The van der Waals surface area contributed by atoms with E-state index in [1.807, 2.05) is 31.2 Å². The zero-order chi connectivity index (χ0) is 34.9. The van der Waals surface area contributed by atoms with Crippen LogP contribution in [0.2, 0.25) is 0 Å². The molecule has 47 heavy (non-hydrogen) atoms. The van der Waals surface area contributed by atoms with Crippen LogP contribution >= 0.6 is 0 Å². The van der Waals surface area contributed by atoms with Crippen LogP contribution < -0.4 is 29.9 Å². The van der Waals surface area contributed by atoms with Crippen molar-refractivity contribution in [1.82, 2.24) is 0 Å². The topological polar surface area (TPSA) is 107 Å². The molecular weight excluding hydrogens is 594 g/mol. The molecule has 0 bridgehead atoms. The highest BCUT2D eigenvalue weighted by atomic mass is 16.5. The van der Waals surface area contributed by atoms with E-state index in [-0.39, 0.29) is 5.46 Å². The van der Waals surface area contributed by atoms with E-state index >= 15 is 0 Å². The molecule has 0 saturated heterocycles. The van der Waals surface area contributed by atoms with Crippen LogP contribution in [0.5, 0.6) is 23.0 Å². The molecule has 2 aromatic rings. The van der Waals surface area contributed by atoms with Gasteiger partial charge in [-0.25, -0.2) is 0 Å². The van der Waals surface area contributed by atoms with Gasteiger partial charge in [0.25, 0.3) is 0 Å². The molecule has 0 spiro atoms.